The van der Waals surface area contributed by atoms with E-state index < -0.39 is 30.4 Å². The molecule has 0 aliphatic carbocycles. The number of imidazole rings is 1. The van der Waals surface area contributed by atoms with Gasteiger partial charge in [-0.05, 0) is 43.3 Å². The van der Waals surface area contributed by atoms with Crippen molar-refractivity contribution in [2.24, 2.45) is 0 Å². The van der Waals surface area contributed by atoms with Crippen LogP contribution in [0.2, 0.25) is 0 Å². The molecule has 3 N–H and O–H groups in total. The van der Waals surface area contributed by atoms with Crippen LogP contribution >= 0.6 is 0 Å². The third-order valence-corrected chi connectivity index (χ3v) is 4.29. The van der Waals surface area contributed by atoms with Crippen molar-refractivity contribution in [2.75, 3.05) is 25.6 Å². The SMILES string of the molecule is CCOC(=O)Nc1ccc(C(=O)OC/C(O)=C(\C(=O)OC)c2nc3ccccc3[nH]2)cc1. The molecule has 0 bridgehead atoms. The lowest BCUT2D eigenvalue weighted by Gasteiger charge is -2.09. The average Bonchev–Trinajstić information content (AvgIpc) is 3.21. The number of aliphatic hydroxyl groups excluding tert-OH is 1. The highest BCUT2D eigenvalue weighted by molar-refractivity contribution is 6.16. The van der Waals surface area contributed by atoms with Crippen LogP contribution in [0.1, 0.15) is 23.1 Å². The summed E-state index contributed by atoms with van der Waals surface area (Å²) in [5.74, 6) is -2.02. The molecule has 3 aromatic rings. The zero-order valence-corrected chi connectivity index (χ0v) is 17.4. The van der Waals surface area contributed by atoms with Gasteiger partial charge in [0, 0.05) is 5.69 Å². The highest BCUT2D eigenvalue weighted by Crippen LogP contribution is 2.21. The van der Waals surface area contributed by atoms with Crippen molar-refractivity contribution in [3.63, 3.8) is 0 Å². The van der Waals surface area contributed by atoms with Crippen molar-refractivity contribution in [2.45, 2.75) is 6.92 Å². The maximum absolute atomic E-state index is 12.3. The molecular weight excluding hydrogens is 418 g/mol. The number of hydrogen-bond donors (Lipinski definition) is 3. The number of aromatic nitrogens is 2. The van der Waals surface area contributed by atoms with Gasteiger partial charge in [0.15, 0.2) is 0 Å². The highest BCUT2D eigenvalue weighted by Gasteiger charge is 2.23. The Labute approximate surface area is 182 Å². The molecule has 0 saturated carbocycles. The molecule has 1 amide bonds. The van der Waals surface area contributed by atoms with E-state index in [2.05, 4.69) is 15.3 Å². The minimum Gasteiger partial charge on any atom is -0.508 e. The Morgan fingerprint density at radius 3 is 2.44 bits per heavy atom. The van der Waals surface area contributed by atoms with Gasteiger partial charge in [-0.15, -0.1) is 0 Å². The number of fused-ring (bicyclic) bond motifs is 1. The summed E-state index contributed by atoms with van der Waals surface area (Å²) in [7, 11) is 1.16. The summed E-state index contributed by atoms with van der Waals surface area (Å²) in [5.41, 5.74) is 1.61. The molecule has 32 heavy (non-hydrogen) atoms. The summed E-state index contributed by atoms with van der Waals surface area (Å²) in [5, 5.41) is 13.0. The number of methoxy groups -OCH3 is 1. The normalized spacial score (nSPS) is 11.4. The van der Waals surface area contributed by atoms with Crippen LogP contribution in [-0.2, 0) is 19.0 Å². The summed E-state index contributed by atoms with van der Waals surface area (Å²) in [6.07, 6.45) is -0.612. The van der Waals surface area contributed by atoms with Crippen molar-refractivity contribution in [3.8, 4) is 0 Å². The van der Waals surface area contributed by atoms with Crippen LogP contribution in [0.15, 0.2) is 54.3 Å². The number of aliphatic hydroxyl groups is 1. The van der Waals surface area contributed by atoms with Crippen molar-refractivity contribution in [3.05, 3.63) is 65.7 Å². The van der Waals surface area contributed by atoms with Crippen molar-refractivity contribution < 1.29 is 33.7 Å². The number of nitrogens with one attached hydrogen (secondary N) is 2. The number of ether oxygens (including phenoxy) is 3. The predicted octanol–water partition coefficient (Wildman–Crippen LogP) is 3.43. The fourth-order valence-electron chi connectivity index (χ4n) is 2.79. The highest BCUT2D eigenvalue weighted by atomic mass is 16.6. The number of carbonyl (C=O) groups excluding carboxylic acids is 3. The van der Waals surface area contributed by atoms with E-state index in [0.29, 0.717) is 16.7 Å². The number of H-pyrrole nitrogens is 1. The van der Waals surface area contributed by atoms with E-state index in [4.69, 9.17) is 14.2 Å². The molecule has 0 atom stereocenters. The topological polar surface area (TPSA) is 140 Å². The summed E-state index contributed by atoms with van der Waals surface area (Å²) in [4.78, 5) is 43.2. The van der Waals surface area contributed by atoms with Gasteiger partial charge in [0.05, 0.1) is 30.3 Å². The number of aromatic amines is 1. The number of hydrogen-bond acceptors (Lipinski definition) is 8. The molecule has 0 aliphatic rings. The van der Waals surface area contributed by atoms with Crippen LogP contribution in [0.3, 0.4) is 0 Å². The van der Waals surface area contributed by atoms with E-state index in [1.807, 2.05) is 0 Å². The molecule has 1 aromatic heterocycles. The summed E-state index contributed by atoms with van der Waals surface area (Å²) in [6, 6.07) is 12.9. The Balaban J connectivity index is 1.73. The largest absolute Gasteiger partial charge is 0.508 e. The number of carbonyl (C=O) groups is 3. The van der Waals surface area contributed by atoms with Crippen LogP contribution in [-0.4, -0.2) is 53.4 Å². The fraction of sp³-hybridized carbons (Fsp3) is 0.182. The Morgan fingerprint density at radius 2 is 1.78 bits per heavy atom. The van der Waals surface area contributed by atoms with Gasteiger partial charge in [-0.3, -0.25) is 5.32 Å². The van der Waals surface area contributed by atoms with E-state index >= 15 is 0 Å². The van der Waals surface area contributed by atoms with Crippen molar-refractivity contribution >= 4 is 40.3 Å². The lowest BCUT2D eigenvalue weighted by Crippen LogP contribution is -2.15. The lowest BCUT2D eigenvalue weighted by atomic mass is 10.2. The maximum Gasteiger partial charge on any atom is 0.411 e. The smallest absolute Gasteiger partial charge is 0.411 e. The molecule has 0 aliphatic heterocycles. The second kappa shape index (κ2) is 10.1. The lowest BCUT2D eigenvalue weighted by molar-refractivity contribution is -0.133. The average molecular weight is 439 g/mol. The van der Waals surface area contributed by atoms with Gasteiger partial charge in [-0.25, -0.2) is 19.4 Å². The zero-order valence-electron chi connectivity index (χ0n) is 17.4. The minimum absolute atomic E-state index is 0.0843. The Kier molecular flexibility index (Phi) is 7.06. The first kappa shape index (κ1) is 22.3. The Hall–Kier alpha value is -4.34. The molecule has 166 valence electrons. The first-order valence-electron chi connectivity index (χ1n) is 9.59. The molecule has 1 heterocycles. The molecular formula is C22H21N3O7. The van der Waals surface area contributed by atoms with Crippen LogP contribution in [0, 0.1) is 0 Å². The molecule has 0 unspecified atom stereocenters. The number of nitrogens with zero attached hydrogens (tertiary/aromatic N) is 1. The maximum atomic E-state index is 12.3. The van der Waals surface area contributed by atoms with E-state index in [1.54, 1.807) is 31.2 Å². The number of amides is 1. The van der Waals surface area contributed by atoms with Crippen LogP contribution in [0.4, 0.5) is 10.5 Å². The first-order chi connectivity index (χ1) is 15.4. The summed E-state index contributed by atoms with van der Waals surface area (Å²) >= 11 is 0. The zero-order chi connectivity index (χ0) is 23.1. The van der Waals surface area contributed by atoms with Crippen LogP contribution in [0.25, 0.3) is 16.6 Å². The van der Waals surface area contributed by atoms with E-state index in [1.165, 1.54) is 24.3 Å². The summed E-state index contributed by atoms with van der Waals surface area (Å²) < 4.78 is 14.6. The molecule has 10 nitrogen and oxygen atoms in total. The van der Waals surface area contributed by atoms with Crippen LogP contribution in [0.5, 0.6) is 0 Å². The monoisotopic (exact) mass is 439 g/mol. The van der Waals surface area contributed by atoms with Crippen LogP contribution < -0.4 is 5.32 Å². The quantitative estimate of drug-likeness (QED) is 0.220. The van der Waals surface area contributed by atoms with Gasteiger partial charge >= 0.3 is 18.0 Å². The molecule has 0 saturated heterocycles. The van der Waals surface area contributed by atoms with E-state index in [0.717, 1.165) is 7.11 Å². The second-order valence-electron chi connectivity index (χ2n) is 6.41. The van der Waals surface area contributed by atoms with Gasteiger partial charge in [-0.1, -0.05) is 12.1 Å². The number of esters is 2. The molecule has 0 fully saturated rings. The van der Waals surface area contributed by atoms with Gasteiger partial charge in [-0.2, -0.15) is 0 Å². The van der Waals surface area contributed by atoms with Gasteiger partial charge in [0.2, 0.25) is 0 Å². The van der Waals surface area contributed by atoms with Gasteiger partial charge in [0.1, 0.15) is 23.8 Å². The second-order valence-corrected chi connectivity index (χ2v) is 6.41. The van der Waals surface area contributed by atoms with E-state index in [9.17, 15) is 19.5 Å². The standard InChI is InChI=1S/C22H21N3O7/c1-3-31-22(29)23-14-10-8-13(9-11-14)20(27)32-12-17(26)18(21(28)30-2)19-24-15-6-4-5-7-16(15)25-19/h4-11,26H,3,12H2,1-2H3,(H,23,29)(H,24,25)/b18-17+. The fourth-order valence-corrected chi connectivity index (χ4v) is 2.79. The molecule has 10 heteroatoms. The van der Waals surface area contributed by atoms with E-state index in [-0.39, 0.29) is 23.6 Å². The number of anilines is 1. The molecule has 3 rings (SSSR count). The first-order valence-corrected chi connectivity index (χ1v) is 9.59. The number of rotatable bonds is 7. The predicted molar refractivity (Wildman–Crippen MR) is 115 cm³/mol. The molecule has 0 radical (unpaired) electrons. The van der Waals surface area contributed by atoms with Gasteiger partial charge < -0.3 is 24.3 Å². The number of para-hydroxylation sites is 2. The third-order valence-electron chi connectivity index (χ3n) is 4.29. The van der Waals surface area contributed by atoms with Gasteiger partial charge in [0.25, 0.3) is 0 Å². The van der Waals surface area contributed by atoms with Crippen molar-refractivity contribution in [1.82, 2.24) is 9.97 Å². The Morgan fingerprint density at radius 1 is 1.06 bits per heavy atom. The summed E-state index contributed by atoms with van der Waals surface area (Å²) in [6.45, 7) is 1.33. The Bertz CT molecular complexity index is 1130. The van der Waals surface area contributed by atoms with Crippen molar-refractivity contribution in [1.29, 1.82) is 0 Å². The molecule has 0 spiro atoms. The third kappa shape index (κ3) is 5.22. The minimum atomic E-state index is -0.841. The number of benzene rings is 2. The molecule has 2 aromatic carbocycles.